The highest BCUT2D eigenvalue weighted by atomic mass is 127. The number of nitrogens with zero attached hydrogens (tertiary/aromatic N) is 2. The van der Waals surface area contributed by atoms with Crippen LogP contribution in [0.25, 0.3) is 0 Å². The number of ether oxygens (including phenoxy) is 2. The molecule has 142 valence electrons. The van der Waals surface area contributed by atoms with Gasteiger partial charge in [0.1, 0.15) is 6.54 Å². The number of hydrogen-bond donors (Lipinski definition) is 2. The Morgan fingerprint density at radius 3 is 2.75 bits per heavy atom. The molecule has 1 fully saturated rings. The van der Waals surface area contributed by atoms with Crippen LogP contribution in [0.2, 0.25) is 0 Å². The fourth-order valence-electron chi connectivity index (χ4n) is 2.17. The zero-order valence-electron chi connectivity index (χ0n) is 15.2. The maximum Gasteiger partial charge on any atom is 0.243 e. The fraction of sp³-hybridized carbons (Fsp3) is 0.875. The minimum atomic E-state index is -0.0191. The second-order valence-corrected chi connectivity index (χ2v) is 5.80. The van der Waals surface area contributed by atoms with E-state index in [9.17, 15) is 4.79 Å². The number of hydrogen-bond acceptors (Lipinski definition) is 4. The van der Waals surface area contributed by atoms with Crippen molar-refractivity contribution in [1.29, 1.82) is 0 Å². The van der Waals surface area contributed by atoms with Gasteiger partial charge in [-0.3, -0.25) is 4.79 Å². The van der Waals surface area contributed by atoms with E-state index in [-0.39, 0.29) is 42.5 Å². The Morgan fingerprint density at radius 2 is 2.12 bits per heavy atom. The van der Waals surface area contributed by atoms with Crippen molar-refractivity contribution in [2.45, 2.75) is 38.7 Å². The van der Waals surface area contributed by atoms with Gasteiger partial charge >= 0.3 is 0 Å². The zero-order chi connectivity index (χ0) is 16.9. The average molecular weight is 456 g/mol. The molecule has 0 aromatic carbocycles. The summed E-state index contributed by atoms with van der Waals surface area (Å²) in [7, 11) is 3.46. The number of amides is 1. The molecule has 0 aromatic rings. The Labute approximate surface area is 162 Å². The molecule has 1 unspecified atom stereocenters. The first-order valence-corrected chi connectivity index (χ1v) is 8.55. The maximum absolute atomic E-state index is 11.7. The summed E-state index contributed by atoms with van der Waals surface area (Å²) in [5, 5.41) is 6.52. The van der Waals surface area contributed by atoms with Crippen LogP contribution < -0.4 is 10.6 Å². The van der Waals surface area contributed by atoms with Crippen LogP contribution in [0.5, 0.6) is 0 Å². The molecule has 1 amide bonds. The van der Waals surface area contributed by atoms with Crippen LogP contribution in [0.3, 0.4) is 0 Å². The van der Waals surface area contributed by atoms with Gasteiger partial charge in [0.2, 0.25) is 5.91 Å². The van der Waals surface area contributed by atoms with Crippen LogP contribution in [-0.2, 0) is 14.3 Å². The molecule has 1 rings (SSSR count). The van der Waals surface area contributed by atoms with Gasteiger partial charge < -0.3 is 25.0 Å². The fourth-order valence-corrected chi connectivity index (χ4v) is 2.17. The first-order valence-electron chi connectivity index (χ1n) is 8.55. The van der Waals surface area contributed by atoms with Crippen LogP contribution in [-0.4, -0.2) is 76.4 Å². The molecule has 2 N–H and O–H groups in total. The van der Waals surface area contributed by atoms with Crippen molar-refractivity contribution in [3.05, 3.63) is 0 Å². The molecule has 1 atom stereocenters. The monoisotopic (exact) mass is 456 g/mol. The smallest absolute Gasteiger partial charge is 0.243 e. The van der Waals surface area contributed by atoms with E-state index in [0.29, 0.717) is 12.5 Å². The highest BCUT2D eigenvalue weighted by Crippen LogP contribution is 2.11. The predicted octanol–water partition coefficient (Wildman–Crippen LogP) is 1.22. The van der Waals surface area contributed by atoms with Crippen LogP contribution in [0.4, 0.5) is 0 Å². The van der Waals surface area contributed by atoms with E-state index in [0.717, 1.165) is 45.6 Å². The molecule has 8 heteroatoms. The van der Waals surface area contributed by atoms with Gasteiger partial charge in [-0.2, -0.15) is 0 Å². The summed E-state index contributed by atoms with van der Waals surface area (Å²) in [6.07, 6.45) is 4.55. The van der Waals surface area contributed by atoms with Crippen molar-refractivity contribution < 1.29 is 14.3 Å². The zero-order valence-corrected chi connectivity index (χ0v) is 17.5. The SMILES string of the molecule is CCOCCCNC(=NCC(=O)N(C)C)NCC1CCCCO1.I. The largest absolute Gasteiger partial charge is 0.382 e. The first kappa shape index (κ1) is 23.4. The highest BCUT2D eigenvalue weighted by molar-refractivity contribution is 14.0. The summed E-state index contributed by atoms with van der Waals surface area (Å²) < 4.78 is 11.0. The van der Waals surface area contributed by atoms with Gasteiger partial charge in [-0.25, -0.2) is 4.99 Å². The summed E-state index contributed by atoms with van der Waals surface area (Å²) >= 11 is 0. The lowest BCUT2D eigenvalue weighted by Crippen LogP contribution is -2.43. The molecule has 1 heterocycles. The van der Waals surface area contributed by atoms with Crippen LogP contribution in [0.1, 0.15) is 32.6 Å². The van der Waals surface area contributed by atoms with Crippen molar-refractivity contribution in [3.63, 3.8) is 0 Å². The van der Waals surface area contributed by atoms with Crippen molar-refractivity contribution in [3.8, 4) is 0 Å². The Bertz CT molecular complexity index is 361. The average Bonchev–Trinajstić information content (AvgIpc) is 2.56. The molecule has 1 saturated heterocycles. The van der Waals surface area contributed by atoms with Gasteiger partial charge in [0.05, 0.1) is 6.10 Å². The van der Waals surface area contributed by atoms with Crippen molar-refractivity contribution >= 4 is 35.8 Å². The summed E-state index contributed by atoms with van der Waals surface area (Å²) in [4.78, 5) is 17.6. The summed E-state index contributed by atoms with van der Waals surface area (Å²) in [5.41, 5.74) is 0. The van der Waals surface area contributed by atoms with Gasteiger partial charge in [-0.15, -0.1) is 24.0 Å². The predicted molar refractivity (Wildman–Crippen MR) is 107 cm³/mol. The third kappa shape index (κ3) is 11.0. The van der Waals surface area contributed by atoms with Crippen molar-refractivity contribution in [1.82, 2.24) is 15.5 Å². The molecule has 0 bridgehead atoms. The van der Waals surface area contributed by atoms with Crippen molar-refractivity contribution in [2.75, 3.05) is 53.6 Å². The minimum absolute atomic E-state index is 0. The third-order valence-electron chi connectivity index (χ3n) is 3.60. The van der Waals surface area contributed by atoms with Crippen molar-refractivity contribution in [2.24, 2.45) is 4.99 Å². The highest BCUT2D eigenvalue weighted by Gasteiger charge is 2.14. The second kappa shape index (κ2) is 14.7. The molecule has 1 aliphatic heterocycles. The second-order valence-electron chi connectivity index (χ2n) is 5.80. The number of carbonyl (C=O) groups is 1. The number of aliphatic imine (C=N–C) groups is 1. The topological polar surface area (TPSA) is 75.2 Å². The number of likely N-dealkylation sites (N-methyl/N-ethyl adjacent to an activating group) is 1. The van der Waals surface area contributed by atoms with E-state index in [1.807, 2.05) is 6.92 Å². The molecule has 0 aliphatic carbocycles. The molecular formula is C16H33IN4O3. The van der Waals surface area contributed by atoms with Crippen LogP contribution in [0.15, 0.2) is 4.99 Å². The Kier molecular flexibility index (Phi) is 14.3. The standard InChI is InChI=1S/C16H32N4O3.HI/c1-4-22-10-7-9-17-16(19-13-15(21)20(2)3)18-12-14-8-5-6-11-23-14;/h14H,4-13H2,1-3H3,(H2,17,18,19);1H. The van der Waals surface area contributed by atoms with Gasteiger partial charge in [0.15, 0.2) is 5.96 Å². The van der Waals surface area contributed by atoms with E-state index in [4.69, 9.17) is 9.47 Å². The van der Waals surface area contributed by atoms with Gasteiger partial charge in [-0.05, 0) is 32.6 Å². The summed E-state index contributed by atoms with van der Waals surface area (Å²) in [5.74, 6) is 0.639. The molecule has 0 radical (unpaired) electrons. The third-order valence-corrected chi connectivity index (χ3v) is 3.60. The van der Waals surface area contributed by atoms with E-state index >= 15 is 0 Å². The molecule has 0 aromatic heterocycles. The molecular weight excluding hydrogens is 423 g/mol. The number of halogens is 1. The molecule has 7 nitrogen and oxygen atoms in total. The molecule has 0 saturated carbocycles. The number of rotatable bonds is 9. The number of nitrogens with one attached hydrogen (secondary N) is 2. The van der Waals surface area contributed by atoms with E-state index in [1.165, 1.54) is 6.42 Å². The van der Waals surface area contributed by atoms with Gasteiger partial charge in [0, 0.05) is 47.0 Å². The maximum atomic E-state index is 11.7. The lowest BCUT2D eigenvalue weighted by molar-refractivity contribution is -0.127. The Hall–Kier alpha value is -0.610. The van der Waals surface area contributed by atoms with E-state index in [1.54, 1.807) is 19.0 Å². The molecule has 0 spiro atoms. The quantitative estimate of drug-likeness (QED) is 0.236. The number of carbonyl (C=O) groups excluding carboxylic acids is 1. The number of guanidine groups is 1. The van der Waals surface area contributed by atoms with E-state index < -0.39 is 0 Å². The van der Waals surface area contributed by atoms with Crippen LogP contribution >= 0.6 is 24.0 Å². The summed E-state index contributed by atoms with van der Waals surface area (Å²) in [6, 6.07) is 0. The summed E-state index contributed by atoms with van der Waals surface area (Å²) in [6.45, 7) is 5.88. The van der Waals surface area contributed by atoms with Gasteiger partial charge in [-0.1, -0.05) is 0 Å². The van der Waals surface area contributed by atoms with Gasteiger partial charge in [0.25, 0.3) is 0 Å². The Morgan fingerprint density at radius 1 is 1.33 bits per heavy atom. The van der Waals surface area contributed by atoms with E-state index in [2.05, 4.69) is 15.6 Å². The lowest BCUT2D eigenvalue weighted by atomic mass is 10.1. The van der Waals surface area contributed by atoms with Crippen LogP contribution in [0, 0.1) is 0 Å². The first-order chi connectivity index (χ1) is 11.1. The lowest BCUT2D eigenvalue weighted by Gasteiger charge is -2.24. The Balaban J connectivity index is 0.00000529. The normalized spacial score (nSPS) is 17.8. The minimum Gasteiger partial charge on any atom is -0.382 e. The molecule has 1 aliphatic rings. The molecule has 24 heavy (non-hydrogen) atoms.